The molecule has 0 aliphatic carbocycles. The first kappa shape index (κ1) is 14.6. The lowest BCUT2D eigenvalue weighted by Crippen LogP contribution is -2.21. The maximum Gasteiger partial charge on any atom is 0.159 e. The van der Waals surface area contributed by atoms with Gasteiger partial charge in [-0.3, -0.25) is 4.90 Å². The summed E-state index contributed by atoms with van der Waals surface area (Å²) in [6.07, 6.45) is 0. The fourth-order valence-corrected chi connectivity index (χ4v) is 3.37. The lowest BCUT2D eigenvalue weighted by Gasteiger charge is -2.24. The number of rotatable bonds is 4. The summed E-state index contributed by atoms with van der Waals surface area (Å²) in [6, 6.07) is 6.10. The van der Waals surface area contributed by atoms with Crippen molar-refractivity contribution in [2.24, 2.45) is 0 Å². The van der Waals surface area contributed by atoms with E-state index < -0.39 is 11.6 Å². The van der Waals surface area contributed by atoms with Gasteiger partial charge >= 0.3 is 0 Å². The van der Waals surface area contributed by atoms with Crippen LogP contribution in [0.1, 0.15) is 23.4 Å². The van der Waals surface area contributed by atoms with E-state index in [4.69, 9.17) is 0 Å². The third-order valence-corrected chi connectivity index (χ3v) is 5.08. The van der Waals surface area contributed by atoms with Gasteiger partial charge in [-0.25, -0.2) is 8.78 Å². The van der Waals surface area contributed by atoms with E-state index in [1.165, 1.54) is 17.0 Å². The van der Waals surface area contributed by atoms with Crippen molar-refractivity contribution in [3.8, 4) is 0 Å². The summed E-state index contributed by atoms with van der Waals surface area (Å²) >= 11 is 5.17. The van der Waals surface area contributed by atoms with E-state index in [2.05, 4.69) is 20.8 Å². The van der Waals surface area contributed by atoms with E-state index in [9.17, 15) is 8.78 Å². The van der Waals surface area contributed by atoms with Gasteiger partial charge in [0, 0.05) is 21.9 Å². The van der Waals surface area contributed by atoms with Crippen molar-refractivity contribution in [3.05, 3.63) is 56.2 Å². The molecule has 19 heavy (non-hydrogen) atoms. The van der Waals surface area contributed by atoms with E-state index in [0.29, 0.717) is 0 Å². The highest BCUT2D eigenvalue weighted by Gasteiger charge is 2.15. The fraction of sp³-hybridized carbons (Fsp3) is 0.286. The van der Waals surface area contributed by atoms with Crippen molar-refractivity contribution >= 4 is 27.3 Å². The van der Waals surface area contributed by atoms with Crippen molar-refractivity contribution in [3.63, 3.8) is 0 Å². The molecule has 0 N–H and O–H groups in total. The summed E-state index contributed by atoms with van der Waals surface area (Å²) in [5, 5.41) is 2.02. The third kappa shape index (κ3) is 3.41. The molecule has 1 heterocycles. The Balaban J connectivity index is 2.12. The number of nitrogens with zero attached hydrogens (tertiary/aromatic N) is 1. The Morgan fingerprint density at radius 2 is 2.00 bits per heavy atom. The maximum atomic E-state index is 13.2. The van der Waals surface area contributed by atoms with E-state index in [1.807, 2.05) is 25.4 Å². The predicted octanol–water partition coefficient (Wildman–Crippen LogP) is 4.98. The van der Waals surface area contributed by atoms with E-state index in [-0.39, 0.29) is 6.04 Å². The van der Waals surface area contributed by atoms with Gasteiger partial charge in [0.05, 0.1) is 0 Å². The first-order valence-corrected chi connectivity index (χ1v) is 7.53. The molecule has 102 valence electrons. The van der Waals surface area contributed by atoms with Gasteiger partial charge < -0.3 is 0 Å². The highest BCUT2D eigenvalue weighted by molar-refractivity contribution is 9.10. The molecule has 1 unspecified atom stereocenters. The minimum Gasteiger partial charge on any atom is -0.295 e. The van der Waals surface area contributed by atoms with Crippen molar-refractivity contribution in [2.45, 2.75) is 19.5 Å². The molecule has 1 aromatic heterocycles. The summed E-state index contributed by atoms with van der Waals surface area (Å²) in [6.45, 7) is 2.74. The first-order valence-electron chi connectivity index (χ1n) is 5.86. The zero-order valence-corrected chi connectivity index (χ0v) is 13.1. The van der Waals surface area contributed by atoms with Crippen LogP contribution in [0.15, 0.2) is 34.1 Å². The Kier molecular flexibility index (Phi) is 4.71. The molecule has 5 heteroatoms. The minimum absolute atomic E-state index is 0.0177. The molecule has 0 bridgehead atoms. The lowest BCUT2D eigenvalue weighted by atomic mass is 10.1. The molecule has 0 amide bonds. The Hall–Kier alpha value is -0.780. The Labute approximate surface area is 124 Å². The quantitative estimate of drug-likeness (QED) is 0.755. The van der Waals surface area contributed by atoms with Crippen LogP contribution in [0, 0.1) is 11.6 Å². The topological polar surface area (TPSA) is 3.24 Å². The van der Waals surface area contributed by atoms with Gasteiger partial charge in [-0.15, -0.1) is 11.3 Å². The summed E-state index contributed by atoms with van der Waals surface area (Å²) in [5.74, 6) is -1.60. The van der Waals surface area contributed by atoms with Gasteiger partial charge in [0.25, 0.3) is 0 Å². The standard InChI is InChI=1S/C14H14BrF2NS/c1-9(10-3-4-12(16)13(17)7-10)18(2)8-14-11(15)5-6-19-14/h3-7,9H,8H2,1-2H3. The highest BCUT2D eigenvalue weighted by Crippen LogP contribution is 2.28. The molecular weight excluding hydrogens is 332 g/mol. The van der Waals surface area contributed by atoms with Crippen LogP contribution < -0.4 is 0 Å². The third-order valence-electron chi connectivity index (χ3n) is 3.17. The van der Waals surface area contributed by atoms with Crippen LogP contribution in [-0.4, -0.2) is 11.9 Å². The van der Waals surface area contributed by atoms with Gasteiger partial charge in [-0.1, -0.05) is 6.07 Å². The molecular formula is C14H14BrF2NS. The van der Waals surface area contributed by atoms with Crippen molar-refractivity contribution < 1.29 is 8.78 Å². The van der Waals surface area contributed by atoms with Crippen LogP contribution >= 0.6 is 27.3 Å². The molecule has 0 saturated heterocycles. The van der Waals surface area contributed by atoms with E-state index in [0.717, 1.165) is 16.6 Å². The molecule has 0 spiro atoms. The summed E-state index contributed by atoms with van der Waals surface area (Å²) in [5.41, 5.74) is 0.772. The molecule has 0 fully saturated rings. The molecule has 0 aliphatic heterocycles. The van der Waals surface area contributed by atoms with Gasteiger partial charge in [-0.2, -0.15) is 0 Å². The first-order chi connectivity index (χ1) is 8.99. The zero-order valence-electron chi connectivity index (χ0n) is 10.7. The van der Waals surface area contributed by atoms with Crippen molar-refractivity contribution in [1.29, 1.82) is 0 Å². The van der Waals surface area contributed by atoms with Crippen molar-refractivity contribution in [2.75, 3.05) is 7.05 Å². The molecule has 0 aliphatic rings. The molecule has 0 radical (unpaired) electrons. The second kappa shape index (κ2) is 6.11. The molecule has 0 saturated carbocycles. The van der Waals surface area contributed by atoms with E-state index >= 15 is 0 Å². The lowest BCUT2D eigenvalue weighted by molar-refractivity contribution is 0.254. The second-order valence-electron chi connectivity index (χ2n) is 4.46. The van der Waals surface area contributed by atoms with Crippen LogP contribution in [0.4, 0.5) is 8.78 Å². The second-order valence-corrected chi connectivity index (χ2v) is 6.31. The van der Waals surface area contributed by atoms with Crippen LogP contribution in [-0.2, 0) is 6.54 Å². The molecule has 2 aromatic rings. The predicted molar refractivity (Wildman–Crippen MR) is 78.3 cm³/mol. The zero-order chi connectivity index (χ0) is 14.0. The van der Waals surface area contributed by atoms with Crippen LogP contribution in [0.25, 0.3) is 0 Å². The smallest absolute Gasteiger partial charge is 0.159 e. The Bertz CT molecular complexity index is 570. The molecule has 2 rings (SSSR count). The Morgan fingerprint density at radius 3 is 2.58 bits per heavy atom. The van der Waals surface area contributed by atoms with Gasteiger partial charge in [0.2, 0.25) is 0 Å². The summed E-state index contributed by atoms with van der Waals surface area (Å²) in [7, 11) is 1.97. The normalized spacial score (nSPS) is 12.9. The SMILES string of the molecule is CC(c1ccc(F)c(F)c1)N(C)Cc1sccc1Br. The fourth-order valence-electron chi connectivity index (χ4n) is 1.83. The number of halogens is 3. The number of hydrogen-bond acceptors (Lipinski definition) is 2. The Morgan fingerprint density at radius 1 is 1.26 bits per heavy atom. The molecule has 1 aromatic carbocycles. The minimum atomic E-state index is -0.806. The number of thiophene rings is 1. The number of benzene rings is 1. The maximum absolute atomic E-state index is 13.2. The highest BCUT2D eigenvalue weighted by atomic mass is 79.9. The van der Waals surface area contributed by atoms with E-state index in [1.54, 1.807) is 17.4 Å². The summed E-state index contributed by atoms with van der Waals surface area (Å²) < 4.78 is 27.3. The van der Waals surface area contributed by atoms with Crippen LogP contribution in [0.2, 0.25) is 0 Å². The number of hydrogen-bond donors (Lipinski definition) is 0. The van der Waals surface area contributed by atoms with Gasteiger partial charge in [-0.05, 0) is 59.0 Å². The van der Waals surface area contributed by atoms with Gasteiger partial charge in [0.1, 0.15) is 0 Å². The van der Waals surface area contributed by atoms with Crippen LogP contribution in [0.5, 0.6) is 0 Å². The monoisotopic (exact) mass is 345 g/mol. The molecule has 1 atom stereocenters. The van der Waals surface area contributed by atoms with Crippen molar-refractivity contribution in [1.82, 2.24) is 4.90 Å². The van der Waals surface area contributed by atoms with Gasteiger partial charge in [0.15, 0.2) is 11.6 Å². The van der Waals surface area contributed by atoms with Crippen LogP contribution in [0.3, 0.4) is 0 Å². The average Bonchev–Trinajstić information content (AvgIpc) is 2.77. The summed E-state index contributed by atoms with van der Waals surface area (Å²) in [4.78, 5) is 3.32. The molecule has 1 nitrogen and oxygen atoms in total. The average molecular weight is 346 g/mol. The largest absolute Gasteiger partial charge is 0.295 e.